The minimum atomic E-state index is -3.69. The first-order chi connectivity index (χ1) is 13.7. The number of piperidine rings is 1. The quantitative estimate of drug-likeness (QED) is 0.778. The van der Waals surface area contributed by atoms with Crippen molar-refractivity contribution in [3.8, 4) is 0 Å². The van der Waals surface area contributed by atoms with Gasteiger partial charge in [-0.15, -0.1) is 0 Å². The third-order valence-electron chi connectivity index (χ3n) is 5.18. The molecule has 7 nitrogen and oxygen atoms in total. The van der Waals surface area contributed by atoms with Crippen LogP contribution in [0.2, 0.25) is 0 Å². The summed E-state index contributed by atoms with van der Waals surface area (Å²) in [6, 6.07) is 10.4. The average Bonchev–Trinajstić information content (AvgIpc) is 2.68. The SMILES string of the molecule is Cc1ccc(C(=O)Nc2cccc(C(=O)O)c2)cc1S(=O)(=O)N1CCC(C)CC1. The molecule has 1 aliphatic rings. The van der Waals surface area contributed by atoms with Crippen molar-refractivity contribution in [2.75, 3.05) is 18.4 Å². The zero-order chi connectivity index (χ0) is 21.2. The Morgan fingerprint density at radius 1 is 1.07 bits per heavy atom. The number of hydrogen-bond acceptors (Lipinski definition) is 4. The molecular formula is C21H24N2O5S. The lowest BCUT2D eigenvalue weighted by molar-refractivity contribution is 0.0696. The number of rotatable bonds is 5. The molecule has 8 heteroatoms. The minimum Gasteiger partial charge on any atom is -0.478 e. The number of carboxylic acids is 1. The first-order valence-electron chi connectivity index (χ1n) is 9.44. The van der Waals surface area contributed by atoms with Crippen LogP contribution in [0.15, 0.2) is 47.4 Å². The van der Waals surface area contributed by atoms with E-state index in [9.17, 15) is 18.0 Å². The highest BCUT2D eigenvalue weighted by atomic mass is 32.2. The average molecular weight is 416 g/mol. The van der Waals surface area contributed by atoms with Gasteiger partial charge in [0.1, 0.15) is 0 Å². The van der Waals surface area contributed by atoms with Gasteiger partial charge in [-0.1, -0.05) is 19.1 Å². The van der Waals surface area contributed by atoms with Crippen molar-refractivity contribution >= 4 is 27.6 Å². The van der Waals surface area contributed by atoms with Crippen molar-refractivity contribution in [1.29, 1.82) is 0 Å². The van der Waals surface area contributed by atoms with E-state index in [2.05, 4.69) is 12.2 Å². The number of nitrogens with zero attached hydrogens (tertiary/aromatic N) is 1. The molecule has 2 N–H and O–H groups in total. The second-order valence-corrected chi connectivity index (χ2v) is 9.31. The fourth-order valence-corrected chi connectivity index (χ4v) is 5.04. The minimum absolute atomic E-state index is 0.0503. The highest BCUT2D eigenvalue weighted by molar-refractivity contribution is 7.89. The molecule has 2 aromatic carbocycles. The molecule has 0 unspecified atom stereocenters. The molecule has 1 aliphatic heterocycles. The number of aromatic carboxylic acids is 1. The van der Waals surface area contributed by atoms with E-state index in [0.717, 1.165) is 12.8 Å². The van der Waals surface area contributed by atoms with E-state index in [0.29, 0.717) is 30.3 Å². The van der Waals surface area contributed by atoms with E-state index in [1.54, 1.807) is 25.1 Å². The van der Waals surface area contributed by atoms with Crippen molar-refractivity contribution < 1.29 is 23.1 Å². The predicted molar refractivity (Wildman–Crippen MR) is 110 cm³/mol. The van der Waals surface area contributed by atoms with Crippen LogP contribution in [0.4, 0.5) is 5.69 Å². The molecule has 0 radical (unpaired) electrons. The maximum absolute atomic E-state index is 13.1. The summed E-state index contributed by atoms with van der Waals surface area (Å²) in [4.78, 5) is 23.9. The summed E-state index contributed by atoms with van der Waals surface area (Å²) in [5, 5.41) is 11.7. The van der Waals surface area contributed by atoms with Gasteiger partial charge in [-0.2, -0.15) is 4.31 Å². The standard InChI is InChI=1S/C21H24N2O5S/c1-14-8-10-23(11-9-14)29(27,28)19-13-16(7-6-15(19)2)20(24)22-18-5-3-4-17(12-18)21(25)26/h3-7,12-14H,8-11H2,1-2H3,(H,22,24)(H,25,26). The van der Waals surface area contributed by atoms with Crippen LogP contribution in [0.1, 0.15) is 46.0 Å². The van der Waals surface area contributed by atoms with Gasteiger partial charge >= 0.3 is 5.97 Å². The van der Waals surface area contributed by atoms with E-state index < -0.39 is 21.9 Å². The third-order valence-corrected chi connectivity index (χ3v) is 7.22. The molecule has 0 aromatic heterocycles. The van der Waals surface area contributed by atoms with Crippen molar-refractivity contribution in [3.63, 3.8) is 0 Å². The molecule has 0 spiro atoms. The van der Waals surface area contributed by atoms with Gasteiger partial charge in [0, 0.05) is 24.3 Å². The highest BCUT2D eigenvalue weighted by Crippen LogP contribution is 2.26. The molecule has 1 amide bonds. The normalized spacial score (nSPS) is 15.8. The van der Waals surface area contributed by atoms with E-state index in [1.807, 2.05) is 0 Å². The van der Waals surface area contributed by atoms with Crippen LogP contribution in [0.5, 0.6) is 0 Å². The fraction of sp³-hybridized carbons (Fsp3) is 0.333. The zero-order valence-corrected chi connectivity index (χ0v) is 17.2. The van der Waals surface area contributed by atoms with Gasteiger partial charge in [0.15, 0.2) is 0 Å². The summed E-state index contributed by atoms with van der Waals surface area (Å²) < 4.78 is 27.7. The van der Waals surface area contributed by atoms with E-state index in [-0.39, 0.29) is 16.0 Å². The number of hydrogen-bond donors (Lipinski definition) is 2. The number of carbonyl (C=O) groups excluding carboxylic acids is 1. The third kappa shape index (κ3) is 4.65. The lowest BCUT2D eigenvalue weighted by atomic mass is 10.0. The van der Waals surface area contributed by atoms with Gasteiger partial charge in [-0.25, -0.2) is 13.2 Å². The molecule has 1 heterocycles. The van der Waals surface area contributed by atoms with Gasteiger partial charge in [-0.05, 0) is 61.6 Å². The van der Waals surface area contributed by atoms with E-state index in [4.69, 9.17) is 5.11 Å². The largest absolute Gasteiger partial charge is 0.478 e. The van der Waals surface area contributed by atoms with Gasteiger partial charge in [0.25, 0.3) is 5.91 Å². The monoisotopic (exact) mass is 416 g/mol. The van der Waals surface area contributed by atoms with Gasteiger partial charge in [0.05, 0.1) is 10.5 Å². The summed E-state index contributed by atoms with van der Waals surface area (Å²) in [5.41, 5.74) is 1.15. The lowest BCUT2D eigenvalue weighted by Crippen LogP contribution is -2.38. The molecule has 1 fully saturated rings. The van der Waals surface area contributed by atoms with Crippen LogP contribution in [0.25, 0.3) is 0 Å². The molecule has 0 aliphatic carbocycles. The fourth-order valence-electron chi connectivity index (χ4n) is 3.32. The smallest absolute Gasteiger partial charge is 0.335 e. The van der Waals surface area contributed by atoms with E-state index in [1.165, 1.54) is 28.6 Å². The molecule has 1 saturated heterocycles. The van der Waals surface area contributed by atoms with Crippen LogP contribution in [0, 0.1) is 12.8 Å². The number of amides is 1. The van der Waals surface area contributed by atoms with E-state index >= 15 is 0 Å². The second-order valence-electron chi connectivity index (χ2n) is 7.41. The molecule has 0 bridgehead atoms. The number of carboxylic acid groups (broad SMARTS) is 1. The second kappa shape index (κ2) is 8.34. The van der Waals surface area contributed by atoms with Crippen molar-refractivity contribution in [2.24, 2.45) is 5.92 Å². The Hall–Kier alpha value is -2.71. The van der Waals surface area contributed by atoms with Crippen LogP contribution < -0.4 is 5.32 Å². The molecule has 0 saturated carbocycles. The van der Waals surface area contributed by atoms with Crippen LogP contribution in [-0.2, 0) is 10.0 Å². The summed E-state index contributed by atoms with van der Waals surface area (Å²) in [5.74, 6) is -1.10. The van der Waals surface area contributed by atoms with Crippen molar-refractivity contribution in [2.45, 2.75) is 31.6 Å². The van der Waals surface area contributed by atoms with Gasteiger partial charge in [-0.3, -0.25) is 4.79 Å². The lowest BCUT2D eigenvalue weighted by Gasteiger charge is -2.30. The number of benzene rings is 2. The molecule has 0 atom stereocenters. The topological polar surface area (TPSA) is 104 Å². The van der Waals surface area contributed by atoms with Crippen molar-refractivity contribution in [1.82, 2.24) is 4.31 Å². The van der Waals surface area contributed by atoms with Crippen LogP contribution >= 0.6 is 0 Å². The number of anilines is 1. The maximum atomic E-state index is 13.1. The van der Waals surface area contributed by atoms with Crippen LogP contribution in [0.3, 0.4) is 0 Å². The Balaban J connectivity index is 1.86. The molecule has 2 aromatic rings. The summed E-state index contributed by atoms with van der Waals surface area (Å²) >= 11 is 0. The number of nitrogens with one attached hydrogen (secondary N) is 1. The first kappa shape index (κ1) is 21.0. The molecular weight excluding hydrogens is 392 g/mol. The molecule has 154 valence electrons. The highest BCUT2D eigenvalue weighted by Gasteiger charge is 2.29. The Morgan fingerprint density at radius 3 is 2.41 bits per heavy atom. The Kier molecular flexibility index (Phi) is 6.04. The van der Waals surface area contributed by atoms with Gasteiger partial charge < -0.3 is 10.4 Å². The summed E-state index contributed by atoms with van der Waals surface area (Å²) in [6.45, 7) is 4.76. The van der Waals surface area contributed by atoms with Crippen LogP contribution in [-0.4, -0.2) is 42.8 Å². The predicted octanol–water partition coefficient (Wildman–Crippen LogP) is 3.37. The number of aryl methyl sites for hydroxylation is 1. The van der Waals surface area contributed by atoms with Crippen molar-refractivity contribution in [3.05, 3.63) is 59.2 Å². The number of sulfonamides is 1. The first-order valence-corrected chi connectivity index (χ1v) is 10.9. The molecule has 29 heavy (non-hydrogen) atoms. The maximum Gasteiger partial charge on any atom is 0.335 e. The Labute approximate surface area is 170 Å². The van der Waals surface area contributed by atoms with Gasteiger partial charge in [0.2, 0.25) is 10.0 Å². The molecule has 3 rings (SSSR count). The Bertz CT molecular complexity index is 1040. The summed E-state index contributed by atoms with van der Waals surface area (Å²) in [7, 11) is -3.69. The number of carbonyl (C=O) groups is 2. The Morgan fingerprint density at radius 2 is 1.76 bits per heavy atom. The summed E-state index contributed by atoms with van der Waals surface area (Å²) in [6.07, 6.45) is 1.64. The zero-order valence-electron chi connectivity index (χ0n) is 16.4.